The van der Waals surface area contributed by atoms with E-state index >= 15 is 0 Å². The summed E-state index contributed by atoms with van der Waals surface area (Å²) in [6.45, 7) is 2.68. The van der Waals surface area contributed by atoms with Gasteiger partial charge in [-0.15, -0.1) is 0 Å². The Balaban J connectivity index is 2.72. The van der Waals surface area contributed by atoms with Crippen molar-refractivity contribution in [1.82, 2.24) is 0 Å². The molecule has 0 radical (unpaired) electrons. The summed E-state index contributed by atoms with van der Waals surface area (Å²) in [6, 6.07) is 3.78. The Kier molecular flexibility index (Phi) is 4.42. The zero-order chi connectivity index (χ0) is 10.6. The van der Waals surface area contributed by atoms with E-state index in [-0.39, 0.29) is 0 Å². The Morgan fingerprint density at radius 2 is 2.07 bits per heavy atom. The molecule has 0 heterocycles. The Morgan fingerprint density at radius 3 is 2.71 bits per heavy atom. The molecule has 0 bridgehead atoms. The molecule has 0 spiro atoms. The summed E-state index contributed by atoms with van der Waals surface area (Å²) < 4.78 is 1.05. The van der Waals surface area contributed by atoms with Crippen LogP contribution in [0, 0.1) is 6.92 Å². The van der Waals surface area contributed by atoms with Crippen molar-refractivity contribution in [2.75, 3.05) is 6.54 Å². The molecule has 2 nitrogen and oxygen atoms in total. The molecule has 78 valence electrons. The number of nitrogens with two attached hydrogens (primary N) is 1. The largest absolute Gasteiger partial charge is 0.508 e. The van der Waals surface area contributed by atoms with Crippen molar-refractivity contribution in [2.45, 2.75) is 26.2 Å². The number of phenols is 1. The first-order valence-electron chi connectivity index (χ1n) is 4.83. The number of phenolic OH excluding ortho intramolecular Hbond substituents is 1. The van der Waals surface area contributed by atoms with Gasteiger partial charge in [0, 0.05) is 4.47 Å². The van der Waals surface area contributed by atoms with Crippen LogP contribution in [0.1, 0.15) is 24.0 Å². The fourth-order valence-corrected chi connectivity index (χ4v) is 1.76. The maximum absolute atomic E-state index is 9.66. The number of rotatable bonds is 4. The minimum atomic E-state index is 0.391. The highest BCUT2D eigenvalue weighted by molar-refractivity contribution is 9.10. The number of halogens is 1. The van der Waals surface area contributed by atoms with Crippen LogP contribution in [-0.2, 0) is 6.42 Å². The SMILES string of the molecule is Cc1cc(O)c(CCCCN)cc1Br. The van der Waals surface area contributed by atoms with E-state index in [2.05, 4.69) is 15.9 Å². The molecular formula is C11H16BrNO. The molecule has 14 heavy (non-hydrogen) atoms. The van der Waals surface area contributed by atoms with Crippen molar-refractivity contribution in [2.24, 2.45) is 5.73 Å². The highest BCUT2D eigenvalue weighted by atomic mass is 79.9. The third kappa shape index (κ3) is 3.00. The van der Waals surface area contributed by atoms with Gasteiger partial charge >= 0.3 is 0 Å². The quantitative estimate of drug-likeness (QED) is 0.816. The lowest BCUT2D eigenvalue weighted by Gasteiger charge is -2.07. The van der Waals surface area contributed by atoms with Crippen LogP contribution in [0.25, 0.3) is 0 Å². The van der Waals surface area contributed by atoms with Crippen LogP contribution in [0.15, 0.2) is 16.6 Å². The Morgan fingerprint density at radius 1 is 1.36 bits per heavy atom. The molecule has 0 aliphatic carbocycles. The normalized spacial score (nSPS) is 10.5. The summed E-state index contributed by atoms with van der Waals surface area (Å²) in [5.41, 5.74) is 7.47. The van der Waals surface area contributed by atoms with Gasteiger partial charge in [0.1, 0.15) is 5.75 Å². The number of aryl methyl sites for hydroxylation is 2. The van der Waals surface area contributed by atoms with Gasteiger partial charge in [-0.1, -0.05) is 15.9 Å². The second kappa shape index (κ2) is 5.37. The molecule has 1 aromatic rings. The van der Waals surface area contributed by atoms with E-state index in [0.29, 0.717) is 12.3 Å². The molecule has 0 aromatic heterocycles. The van der Waals surface area contributed by atoms with Gasteiger partial charge < -0.3 is 10.8 Å². The number of aromatic hydroxyl groups is 1. The molecule has 0 fully saturated rings. The summed E-state index contributed by atoms with van der Waals surface area (Å²) in [7, 11) is 0. The minimum absolute atomic E-state index is 0.391. The first-order valence-corrected chi connectivity index (χ1v) is 5.62. The van der Waals surface area contributed by atoms with Gasteiger partial charge in [-0.3, -0.25) is 0 Å². The molecule has 0 saturated carbocycles. The summed E-state index contributed by atoms with van der Waals surface area (Å²) in [6.07, 6.45) is 2.92. The zero-order valence-corrected chi connectivity index (χ0v) is 9.97. The van der Waals surface area contributed by atoms with E-state index in [1.165, 1.54) is 0 Å². The number of unbranched alkanes of at least 4 members (excludes halogenated alkanes) is 1. The van der Waals surface area contributed by atoms with Crippen molar-refractivity contribution in [3.05, 3.63) is 27.7 Å². The van der Waals surface area contributed by atoms with E-state index in [1.807, 2.05) is 13.0 Å². The molecule has 3 heteroatoms. The third-order valence-corrected chi connectivity index (χ3v) is 3.11. The predicted molar refractivity (Wildman–Crippen MR) is 62.5 cm³/mol. The van der Waals surface area contributed by atoms with Crippen LogP contribution in [0.3, 0.4) is 0 Å². The molecule has 0 amide bonds. The molecular weight excluding hydrogens is 242 g/mol. The molecule has 0 aliphatic rings. The summed E-state index contributed by atoms with van der Waals surface area (Å²) in [4.78, 5) is 0. The molecule has 0 aliphatic heterocycles. The number of benzene rings is 1. The molecule has 1 aromatic carbocycles. The Bertz CT molecular complexity index is 312. The zero-order valence-electron chi connectivity index (χ0n) is 8.39. The Labute approximate surface area is 93.3 Å². The highest BCUT2D eigenvalue weighted by Crippen LogP contribution is 2.26. The number of hydrogen-bond acceptors (Lipinski definition) is 2. The van der Waals surface area contributed by atoms with Crippen LogP contribution in [0.5, 0.6) is 5.75 Å². The van der Waals surface area contributed by atoms with Gasteiger partial charge in [-0.05, 0) is 56.0 Å². The number of hydrogen-bond donors (Lipinski definition) is 2. The second-order valence-electron chi connectivity index (χ2n) is 3.48. The lowest BCUT2D eigenvalue weighted by Crippen LogP contribution is -1.99. The predicted octanol–water partition coefficient (Wildman–Crippen LogP) is 2.74. The second-order valence-corrected chi connectivity index (χ2v) is 4.33. The van der Waals surface area contributed by atoms with Gasteiger partial charge in [0.25, 0.3) is 0 Å². The summed E-state index contributed by atoms with van der Waals surface area (Å²) >= 11 is 3.45. The van der Waals surface area contributed by atoms with E-state index in [4.69, 9.17) is 5.73 Å². The fourth-order valence-electron chi connectivity index (χ4n) is 1.37. The van der Waals surface area contributed by atoms with Crippen molar-refractivity contribution >= 4 is 15.9 Å². The minimum Gasteiger partial charge on any atom is -0.508 e. The van der Waals surface area contributed by atoms with E-state index in [0.717, 1.165) is 34.9 Å². The summed E-state index contributed by atoms with van der Waals surface area (Å²) in [5, 5.41) is 9.66. The van der Waals surface area contributed by atoms with Crippen LogP contribution in [-0.4, -0.2) is 11.7 Å². The van der Waals surface area contributed by atoms with Crippen molar-refractivity contribution < 1.29 is 5.11 Å². The third-order valence-electron chi connectivity index (χ3n) is 2.26. The lowest BCUT2D eigenvalue weighted by molar-refractivity contribution is 0.466. The van der Waals surface area contributed by atoms with Crippen LogP contribution in [0.2, 0.25) is 0 Å². The van der Waals surface area contributed by atoms with Crippen LogP contribution < -0.4 is 5.73 Å². The van der Waals surface area contributed by atoms with Crippen LogP contribution >= 0.6 is 15.9 Å². The average molecular weight is 258 g/mol. The van der Waals surface area contributed by atoms with Crippen molar-refractivity contribution in [1.29, 1.82) is 0 Å². The lowest BCUT2D eigenvalue weighted by atomic mass is 10.1. The van der Waals surface area contributed by atoms with Gasteiger partial charge in [0.2, 0.25) is 0 Å². The molecule has 0 atom stereocenters. The van der Waals surface area contributed by atoms with E-state index < -0.39 is 0 Å². The molecule has 3 N–H and O–H groups in total. The van der Waals surface area contributed by atoms with Gasteiger partial charge in [0.05, 0.1) is 0 Å². The van der Waals surface area contributed by atoms with Gasteiger partial charge in [-0.2, -0.15) is 0 Å². The highest BCUT2D eigenvalue weighted by Gasteiger charge is 2.04. The monoisotopic (exact) mass is 257 g/mol. The fraction of sp³-hybridized carbons (Fsp3) is 0.455. The summed E-state index contributed by atoms with van der Waals surface area (Å²) in [5.74, 6) is 0.391. The van der Waals surface area contributed by atoms with Crippen molar-refractivity contribution in [3.8, 4) is 5.75 Å². The first kappa shape index (κ1) is 11.5. The maximum atomic E-state index is 9.66. The standard InChI is InChI=1S/C11H16BrNO/c1-8-6-11(14)9(7-10(8)12)4-2-3-5-13/h6-7,14H,2-5,13H2,1H3. The van der Waals surface area contributed by atoms with Crippen molar-refractivity contribution in [3.63, 3.8) is 0 Å². The first-order chi connectivity index (χ1) is 6.65. The maximum Gasteiger partial charge on any atom is 0.119 e. The molecule has 1 rings (SSSR count). The smallest absolute Gasteiger partial charge is 0.119 e. The average Bonchev–Trinajstić information content (AvgIpc) is 2.14. The van der Waals surface area contributed by atoms with E-state index in [9.17, 15) is 5.11 Å². The van der Waals surface area contributed by atoms with Gasteiger partial charge in [-0.25, -0.2) is 0 Å². The molecule has 0 unspecified atom stereocenters. The van der Waals surface area contributed by atoms with E-state index in [1.54, 1.807) is 6.07 Å². The van der Waals surface area contributed by atoms with Gasteiger partial charge in [0.15, 0.2) is 0 Å². The topological polar surface area (TPSA) is 46.2 Å². The Hall–Kier alpha value is -0.540. The molecule has 0 saturated heterocycles. The van der Waals surface area contributed by atoms with Crippen LogP contribution in [0.4, 0.5) is 0 Å².